The van der Waals surface area contributed by atoms with Crippen LogP contribution in [0.5, 0.6) is 0 Å². The highest BCUT2D eigenvalue weighted by molar-refractivity contribution is 7.89. The fourth-order valence-corrected chi connectivity index (χ4v) is 2.14. The van der Waals surface area contributed by atoms with Crippen molar-refractivity contribution in [1.29, 1.82) is 0 Å². The molecule has 1 N–H and O–H groups in total. The third-order valence-electron chi connectivity index (χ3n) is 2.66. The number of aromatic nitrogens is 2. The number of sulfonamides is 1. The molecule has 5 nitrogen and oxygen atoms in total. The summed E-state index contributed by atoms with van der Waals surface area (Å²) in [4.78, 5) is 8.29. The Morgan fingerprint density at radius 3 is 2.79 bits per heavy atom. The van der Waals surface area contributed by atoms with Crippen LogP contribution in [0.25, 0.3) is 11.3 Å². The standard InChI is InChI=1S/C13H15N3O2S/c1-2-19(17,18)16-9-11-5-7-15-13(8-11)12-4-3-6-14-10-12/h3-8,10,16H,2,9H2,1H3. The van der Waals surface area contributed by atoms with Crippen LogP contribution in [0.4, 0.5) is 0 Å². The largest absolute Gasteiger partial charge is 0.264 e. The highest BCUT2D eigenvalue weighted by Gasteiger charge is 2.07. The van der Waals surface area contributed by atoms with Crippen molar-refractivity contribution in [3.8, 4) is 11.3 Å². The van der Waals surface area contributed by atoms with E-state index >= 15 is 0 Å². The number of rotatable bonds is 5. The van der Waals surface area contributed by atoms with Gasteiger partial charge in [0.05, 0.1) is 11.4 Å². The molecule has 2 heterocycles. The molecule has 0 unspecified atom stereocenters. The molecule has 2 aromatic rings. The van der Waals surface area contributed by atoms with Gasteiger partial charge in [0.15, 0.2) is 0 Å². The molecule has 6 heteroatoms. The normalized spacial score (nSPS) is 11.4. The predicted molar refractivity (Wildman–Crippen MR) is 73.8 cm³/mol. The lowest BCUT2D eigenvalue weighted by atomic mass is 10.1. The Kier molecular flexibility index (Phi) is 4.24. The van der Waals surface area contributed by atoms with Gasteiger partial charge in [-0.3, -0.25) is 9.97 Å². The van der Waals surface area contributed by atoms with Crippen molar-refractivity contribution in [2.24, 2.45) is 0 Å². The van der Waals surface area contributed by atoms with E-state index in [2.05, 4.69) is 14.7 Å². The van der Waals surface area contributed by atoms with Crippen molar-refractivity contribution >= 4 is 10.0 Å². The zero-order valence-corrected chi connectivity index (χ0v) is 11.4. The van der Waals surface area contributed by atoms with Gasteiger partial charge in [-0.1, -0.05) is 0 Å². The second-order valence-corrected chi connectivity index (χ2v) is 6.11. The van der Waals surface area contributed by atoms with E-state index in [0.717, 1.165) is 16.8 Å². The number of pyridine rings is 2. The molecule has 2 aromatic heterocycles. The van der Waals surface area contributed by atoms with Gasteiger partial charge in [0.1, 0.15) is 0 Å². The first-order valence-electron chi connectivity index (χ1n) is 5.93. The summed E-state index contributed by atoms with van der Waals surface area (Å²) in [5.41, 5.74) is 2.55. The highest BCUT2D eigenvalue weighted by atomic mass is 32.2. The number of nitrogens with one attached hydrogen (secondary N) is 1. The molecule has 0 saturated carbocycles. The lowest BCUT2D eigenvalue weighted by molar-refractivity contribution is 0.582. The van der Waals surface area contributed by atoms with Gasteiger partial charge < -0.3 is 0 Å². The molecule has 0 aliphatic carbocycles. The summed E-state index contributed by atoms with van der Waals surface area (Å²) < 4.78 is 25.3. The molecule has 0 spiro atoms. The Morgan fingerprint density at radius 2 is 2.11 bits per heavy atom. The van der Waals surface area contributed by atoms with Crippen LogP contribution in [0.1, 0.15) is 12.5 Å². The van der Waals surface area contributed by atoms with Crippen LogP contribution >= 0.6 is 0 Å². The Balaban J connectivity index is 2.17. The van der Waals surface area contributed by atoms with Crippen LogP contribution in [0.2, 0.25) is 0 Å². The average molecular weight is 277 g/mol. The lowest BCUT2D eigenvalue weighted by Crippen LogP contribution is -2.24. The summed E-state index contributed by atoms with van der Waals surface area (Å²) in [7, 11) is -3.18. The Bertz CT molecular complexity index is 642. The zero-order chi connectivity index (χ0) is 13.7. The average Bonchev–Trinajstić information content (AvgIpc) is 2.47. The third kappa shape index (κ3) is 3.84. The minimum Gasteiger partial charge on any atom is -0.264 e. The quantitative estimate of drug-likeness (QED) is 0.900. The summed E-state index contributed by atoms with van der Waals surface area (Å²) in [6, 6.07) is 7.39. The van der Waals surface area contributed by atoms with Crippen LogP contribution in [0, 0.1) is 0 Å². The summed E-state index contributed by atoms with van der Waals surface area (Å²) in [6.45, 7) is 1.88. The van der Waals surface area contributed by atoms with Crippen LogP contribution in [0.15, 0.2) is 42.9 Å². The van der Waals surface area contributed by atoms with Gasteiger partial charge in [-0.15, -0.1) is 0 Å². The van der Waals surface area contributed by atoms with E-state index in [1.54, 1.807) is 31.6 Å². The van der Waals surface area contributed by atoms with Gasteiger partial charge in [-0.25, -0.2) is 13.1 Å². The van der Waals surface area contributed by atoms with E-state index in [1.807, 2.05) is 18.2 Å². The van der Waals surface area contributed by atoms with E-state index in [0.29, 0.717) is 0 Å². The highest BCUT2D eigenvalue weighted by Crippen LogP contribution is 2.16. The van der Waals surface area contributed by atoms with Crippen LogP contribution < -0.4 is 4.72 Å². The van der Waals surface area contributed by atoms with Crippen molar-refractivity contribution < 1.29 is 8.42 Å². The summed E-state index contributed by atoms with van der Waals surface area (Å²) in [5.74, 6) is 0.0769. The van der Waals surface area contributed by atoms with Crippen molar-refractivity contribution in [2.45, 2.75) is 13.5 Å². The fraction of sp³-hybridized carbons (Fsp3) is 0.231. The Morgan fingerprint density at radius 1 is 1.26 bits per heavy atom. The predicted octanol–water partition coefficient (Wildman–Crippen LogP) is 1.58. The van der Waals surface area contributed by atoms with Crippen molar-refractivity contribution in [3.05, 3.63) is 48.4 Å². The van der Waals surface area contributed by atoms with E-state index < -0.39 is 10.0 Å². The molecule has 0 aromatic carbocycles. The lowest BCUT2D eigenvalue weighted by Gasteiger charge is -2.06. The topological polar surface area (TPSA) is 72.0 Å². The van der Waals surface area contributed by atoms with Gasteiger partial charge in [-0.05, 0) is 36.8 Å². The maximum atomic E-state index is 11.4. The molecule has 19 heavy (non-hydrogen) atoms. The molecule has 100 valence electrons. The van der Waals surface area contributed by atoms with Crippen molar-refractivity contribution in [2.75, 3.05) is 5.75 Å². The fourth-order valence-electron chi connectivity index (χ4n) is 1.55. The Hall–Kier alpha value is -1.79. The van der Waals surface area contributed by atoms with Gasteiger partial charge in [0.2, 0.25) is 10.0 Å². The van der Waals surface area contributed by atoms with Crippen LogP contribution in [-0.2, 0) is 16.6 Å². The SMILES string of the molecule is CCS(=O)(=O)NCc1ccnc(-c2cccnc2)c1. The molecule has 2 rings (SSSR count). The van der Waals surface area contributed by atoms with E-state index in [9.17, 15) is 8.42 Å². The summed E-state index contributed by atoms with van der Waals surface area (Å²) in [6.07, 6.45) is 5.09. The zero-order valence-electron chi connectivity index (χ0n) is 10.6. The first kappa shape index (κ1) is 13.6. The van der Waals surface area contributed by atoms with E-state index in [4.69, 9.17) is 0 Å². The van der Waals surface area contributed by atoms with Gasteiger partial charge in [0, 0.05) is 30.7 Å². The molecule has 0 aliphatic rings. The molecule has 0 aliphatic heterocycles. The summed E-state index contributed by atoms with van der Waals surface area (Å²) in [5, 5.41) is 0. The first-order chi connectivity index (χ1) is 9.11. The molecule has 0 atom stereocenters. The maximum Gasteiger partial charge on any atom is 0.211 e. The second-order valence-electron chi connectivity index (χ2n) is 4.02. The number of hydrogen-bond acceptors (Lipinski definition) is 4. The maximum absolute atomic E-state index is 11.4. The molecular formula is C13H15N3O2S. The number of hydrogen-bond donors (Lipinski definition) is 1. The first-order valence-corrected chi connectivity index (χ1v) is 7.58. The van der Waals surface area contributed by atoms with Gasteiger partial charge in [0.25, 0.3) is 0 Å². The van der Waals surface area contributed by atoms with Gasteiger partial charge >= 0.3 is 0 Å². The number of nitrogens with zero attached hydrogens (tertiary/aromatic N) is 2. The molecule has 0 radical (unpaired) electrons. The molecule has 0 fully saturated rings. The second kappa shape index (κ2) is 5.90. The monoisotopic (exact) mass is 277 g/mol. The minimum absolute atomic E-state index is 0.0769. The molecule has 0 bridgehead atoms. The summed E-state index contributed by atoms with van der Waals surface area (Å²) >= 11 is 0. The molecule has 0 amide bonds. The van der Waals surface area contributed by atoms with Crippen LogP contribution in [-0.4, -0.2) is 24.1 Å². The molecule has 0 saturated heterocycles. The molecular weight excluding hydrogens is 262 g/mol. The van der Waals surface area contributed by atoms with Crippen LogP contribution in [0.3, 0.4) is 0 Å². The third-order valence-corrected chi connectivity index (χ3v) is 4.00. The van der Waals surface area contributed by atoms with Crippen molar-refractivity contribution in [3.63, 3.8) is 0 Å². The smallest absolute Gasteiger partial charge is 0.211 e. The van der Waals surface area contributed by atoms with E-state index in [-0.39, 0.29) is 12.3 Å². The van der Waals surface area contributed by atoms with Crippen molar-refractivity contribution in [1.82, 2.24) is 14.7 Å². The minimum atomic E-state index is -3.18. The van der Waals surface area contributed by atoms with Gasteiger partial charge in [-0.2, -0.15) is 0 Å². The Labute approximate surface area is 112 Å². The van der Waals surface area contributed by atoms with E-state index in [1.165, 1.54) is 0 Å².